The van der Waals surface area contributed by atoms with E-state index in [0.717, 1.165) is 0 Å². The van der Waals surface area contributed by atoms with Crippen LogP contribution < -0.4 is 15.0 Å². The van der Waals surface area contributed by atoms with Crippen molar-refractivity contribution in [2.45, 2.75) is 19.1 Å². The molecule has 1 aromatic carbocycles. The minimum atomic E-state index is -0.837. The maximum atomic E-state index is 11.8. The molecular formula is C13H18N2O4. The number of carbonyl (C=O) groups excluding carboxylic acids is 1. The van der Waals surface area contributed by atoms with Crippen molar-refractivity contribution in [3.63, 3.8) is 0 Å². The van der Waals surface area contributed by atoms with Crippen LogP contribution in [0.4, 0.5) is 11.4 Å². The van der Waals surface area contributed by atoms with Crippen molar-refractivity contribution in [1.29, 1.82) is 0 Å². The van der Waals surface area contributed by atoms with Gasteiger partial charge < -0.3 is 25.2 Å². The van der Waals surface area contributed by atoms with Gasteiger partial charge in [-0.25, -0.2) is 0 Å². The molecule has 0 fully saturated rings. The van der Waals surface area contributed by atoms with E-state index >= 15 is 0 Å². The lowest BCUT2D eigenvalue weighted by molar-refractivity contribution is -0.125. The van der Waals surface area contributed by atoms with Crippen LogP contribution in [0.25, 0.3) is 0 Å². The maximum absolute atomic E-state index is 11.8. The summed E-state index contributed by atoms with van der Waals surface area (Å²) in [5, 5.41) is 21.2. The average molecular weight is 266 g/mol. The van der Waals surface area contributed by atoms with E-state index in [1.165, 1.54) is 0 Å². The van der Waals surface area contributed by atoms with Gasteiger partial charge >= 0.3 is 0 Å². The summed E-state index contributed by atoms with van der Waals surface area (Å²) in [4.78, 5) is 13.4. The molecule has 1 aliphatic heterocycles. The van der Waals surface area contributed by atoms with Crippen molar-refractivity contribution in [2.24, 2.45) is 0 Å². The normalized spacial score (nSPS) is 19.7. The van der Waals surface area contributed by atoms with Gasteiger partial charge in [-0.3, -0.25) is 4.79 Å². The monoisotopic (exact) mass is 266 g/mol. The number of hydrogen-bond donors (Lipinski definition) is 3. The summed E-state index contributed by atoms with van der Waals surface area (Å²) < 4.78 is 5.61. The molecule has 0 radical (unpaired) electrons. The zero-order valence-corrected chi connectivity index (χ0v) is 11.0. The molecule has 2 atom stereocenters. The quantitative estimate of drug-likeness (QED) is 0.725. The number of hydrogen-bond acceptors (Lipinski definition) is 5. The Hall–Kier alpha value is -1.79. The second kappa shape index (κ2) is 5.46. The van der Waals surface area contributed by atoms with Crippen LogP contribution in [0.5, 0.6) is 5.75 Å². The third kappa shape index (κ3) is 2.64. The second-order valence-corrected chi connectivity index (χ2v) is 4.53. The molecule has 0 bridgehead atoms. The number of anilines is 2. The number of ether oxygens (including phenoxy) is 1. The average Bonchev–Trinajstić information content (AvgIpc) is 2.42. The Morgan fingerprint density at radius 1 is 1.53 bits per heavy atom. The van der Waals surface area contributed by atoms with Gasteiger partial charge in [0.1, 0.15) is 0 Å². The fourth-order valence-corrected chi connectivity index (χ4v) is 1.96. The number of fused-ring (bicyclic) bond motifs is 1. The van der Waals surface area contributed by atoms with E-state index in [4.69, 9.17) is 9.84 Å². The summed E-state index contributed by atoms with van der Waals surface area (Å²) in [6, 6.07) is 5.40. The fourth-order valence-electron chi connectivity index (χ4n) is 1.96. The standard InChI is InChI=1S/C13H18N2O4/c1-8-13(18)15(2)11-5-3-4-10(12(11)19-8)14-6-9(17)7-16/h3-5,8-9,14,16-17H,6-7H2,1-2H3. The Morgan fingerprint density at radius 2 is 2.26 bits per heavy atom. The minimum absolute atomic E-state index is 0.0972. The van der Waals surface area contributed by atoms with Crippen LogP contribution >= 0.6 is 0 Å². The zero-order valence-electron chi connectivity index (χ0n) is 11.0. The molecule has 2 unspecified atom stereocenters. The molecule has 1 amide bonds. The predicted molar refractivity (Wildman–Crippen MR) is 71.5 cm³/mol. The van der Waals surface area contributed by atoms with Crippen molar-refractivity contribution in [1.82, 2.24) is 0 Å². The van der Waals surface area contributed by atoms with Crippen molar-refractivity contribution in [3.8, 4) is 5.75 Å². The largest absolute Gasteiger partial charge is 0.477 e. The number of benzene rings is 1. The highest BCUT2D eigenvalue weighted by molar-refractivity contribution is 6.00. The highest BCUT2D eigenvalue weighted by Crippen LogP contribution is 2.39. The molecule has 6 nitrogen and oxygen atoms in total. The van der Waals surface area contributed by atoms with Crippen molar-refractivity contribution in [3.05, 3.63) is 18.2 Å². The van der Waals surface area contributed by atoms with Gasteiger partial charge in [0.25, 0.3) is 5.91 Å². The number of amides is 1. The summed E-state index contributed by atoms with van der Waals surface area (Å²) in [6.45, 7) is 1.60. The third-order valence-corrected chi connectivity index (χ3v) is 3.07. The van der Waals surface area contributed by atoms with Crippen molar-refractivity contribution in [2.75, 3.05) is 30.4 Å². The van der Waals surface area contributed by atoms with Crippen LogP contribution in [0.15, 0.2) is 18.2 Å². The summed E-state index contributed by atoms with van der Waals surface area (Å²) in [5.74, 6) is 0.488. The van der Waals surface area contributed by atoms with Gasteiger partial charge in [-0.05, 0) is 19.1 Å². The van der Waals surface area contributed by atoms with Crippen LogP contribution in [0.2, 0.25) is 0 Å². The smallest absolute Gasteiger partial charge is 0.267 e. The van der Waals surface area contributed by atoms with Crippen LogP contribution in [0, 0.1) is 0 Å². The molecule has 0 saturated heterocycles. The van der Waals surface area contributed by atoms with Crippen LogP contribution in [-0.4, -0.2) is 48.5 Å². The van der Waals surface area contributed by atoms with Crippen LogP contribution in [0.3, 0.4) is 0 Å². The van der Waals surface area contributed by atoms with Crippen LogP contribution in [0.1, 0.15) is 6.92 Å². The molecule has 6 heteroatoms. The van der Waals surface area contributed by atoms with Gasteiger partial charge in [0, 0.05) is 13.6 Å². The van der Waals surface area contributed by atoms with Gasteiger partial charge in [0.15, 0.2) is 11.9 Å². The van der Waals surface area contributed by atoms with E-state index in [9.17, 15) is 9.90 Å². The van der Waals surface area contributed by atoms with Gasteiger partial charge in [0.05, 0.1) is 24.1 Å². The molecule has 1 aliphatic rings. The van der Waals surface area contributed by atoms with E-state index < -0.39 is 12.2 Å². The van der Waals surface area contributed by atoms with E-state index in [-0.39, 0.29) is 19.1 Å². The first-order valence-corrected chi connectivity index (χ1v) is 6.14. The number of nitrogens with one attached hydrogen (secondary N) is 1. The predicted octanol–water partition coefficient (Wildman–Crippen LogP) is 0.195. The van der Waals surface area contributed by atoms with Gasteiger partial charge in [-0.1, -0.05) is 6.07 Å². The Kier molecular flexibility index (Phi) is 3.92. The van der Waals surface area contributed by atoms with Gasteiger partial charge in [-0.2, -0.15) is 0 Å². The maximum Gasteiger partial charge on any atom is 0.267 e. The number of carbonyl (C=O) groups is 1. The summed E-state index contributed by atoms with van der Waals surface area (Å²) in [5.41, 5.74) is 1.38. The molecular weight excluding hydrogens is 248 g/mol. The molecule has 104 valence electrons. The number of nitrogens with zero attached hydrogens (tertiary/aromatic N) is 1. The number of para-hydroxylation sites is 1. The summed E-state index contributed by atoms with van der Waals surface area (Å²) >= 11 is 0. The minimum Gasteiger partial charge on any atom is -0.477 e. The van der Waals surface area contributed by atoms with E-state index in [1.54, 1.807) is 37.1 Å². The molecule has 3 N–H and O–H groups in total. The molecule has 1 heterocycles. The molecule has 0 aromatic heterocycles. The highest BCUT2D eigenvalue weighted by atomic mass is 16.5. The molecule has 0 aliphatic carbocycles. The van der Waals surface area contributed by atoms with E-state index in [1.807, 2.05) is 0 Å². The van der Waals surface area contributed by atoms with Gasteiger partial charge in [0.2, 0.25) is 0 Å². The Morgan fingerprint density at radius 3 is 2.95 bits per heavy atom. The topological polar surface area (TPSA) is 82.0 Å². The lowest BCUT2D eigenvalue weighted by Gasteiger charge is -2.31. The van der Waals surface area contributed by atoms with Gasteiger partial charge in [-0.15, -0.1) is 0 Å². The summed E-state index contributed by atoms with van der Waals surface area (Å²) in [6.07, 6.45) is -1.38. The van der Waals surface area contributed by atoms with E-state index in [2.05, 4.69) is 5.32 Å². The number of rotatable bonds is 4. The molecule has 1 aromatic rings. The zero-order chi connectivity index (χ0) is 14.0. The Bertz CT molecular complexity index is 478. The molecule has 2 rings (SSSR count). The second-order valence-electron chi connectivity index (χ2n) is 4.53. The van der Waals surface area contributed by atoms with Crippen molar-refractivity contribution < 1.29 is 19.7 Å². The SMILES string of the molecule is CC1Oc2c(NCC(O)CO)cccc2N(C)C1=O. The highest BCUT2D eigenvalue weighted by Gasteiger charge is 2.30. The first-order chi connectivity index (χ1) is 9.04. The van der Waals surface area contributed by atoms with Crippen LogP contribution in [-0.2, 0) is 4.79 Å². The summed E-state index contributed by atoms with van der Waals surface area (Å²) in [7, 11) is 1.70. The lowest BCUT2D eigenvalue weighted by Crippen LogP contribution is -2.42. The first-order valence-electron chi connectivity index (χ1n) is 6.14. The number of likely N-dealkylation sites (N-methyl/N-ethyl adjacent to an activating group) is 1. The lowest BCUT2D eigenvalue weighted by atomic mass is 10.1. The third-order valence-electron chi connectivity index (χ3n) is 3.07. The molecule has 0 spiro atoms. The number of aliphatic hydroxyl groups is 2. The fraction of sp³-hybridized carbons (Fsp3) is 0.462. The molecule has 19 heavy (non-hydrogen) atoms. The first kappa shape index (κ1) is 13.6. The van der Waals surface area contributed by atoms with E-state index in [0.29, 0.717) is 17.1 Å². The Balaban J connectivity index is 2.25. The van der Waals surface area contributed by atoms with Crippen molar-refractivity contribution >= 4 is 17.3 Å². The number of aliphatic hydroxyl groups excluding tert-OH is 2. The molecule has 0 saturated carbocycles. The Labute approximate surface area is 111 Å².